The van der Waals surface area contributed by atoms with Gasteiger partial charge in [0.1, 0.15) is 5.75 Å². The minimum absolute atomic E-state index is 0.0306. The van der Waals surface area contributed by atoms with Gasteiger partial charge in [0.15, 0.2) is 5.78 Å². The maximum Gasteiger partial charge on any atom is 0.166 e. The minimum atomic E-state index is -0.0306. The molecule has 0 aromatic heterocycles. The Bertz CT molecular complexity index is 453. The number of ketones is 1. The summed E-state index contributed by atoms with van der Waals surface area (Å²) in [5.41, 5.74) is 2.93. The van der Waals surface area contributed by atoms with E-state index in [1.807, 2.05) is 13.0 Å². The minimum Gasteiger partial charge on any atom is -0.496 e. The molecule has 2 nitrogen and oxygen atoms in total. The zero-order chi connectivity index (χ0) is 14.6. The van der Waals surface area contributed by atoms with Crippen molar-refractivity contribution < 1.29 is 9.53 Å². The summed E-state index contributed by atoms with van der Waals surface area (Å²) in [6.45, 7) is 10.6. The van der Waals surface area contributed by atoms with Crippen LogP contribution in [0.3, 0.4) is 0 Å². The molecule has 0 unspecified atom stereocenters. The van der Waals surface area contributed by atoms with Gasteiger partial charge in [-0.3, -0.25) is 4.79 Å². The Morgan fingerprint density at radius 2 is 1.89 bits per heavy atom. The summed E-state index contributed by atoms with van der Waals surface area (Å²) in [5, 5.41) is 0. The summed E-state index contributed by atoms with van der Waals surface area (Å²) < 4.78 is 5.54. The molecule has 2 heteroatoms. The van der Waals surface area contributed by atoms with Crippen molar-refractivity contribution in [3.63, 3.8) is 0 Å². The maximum absolute atomic E-state index is 12.3. The predicted molar refractivity (Wildman–Crippen MR) is 80.3 cm³/mol. The lowest BCUT2D eigenvalue weighted by Gasteiger charge is -2.24. The van der Waals surface area contributed by atoms with Gasteiger partial charge in [-0.2, -0.15) is 0 Å². The highest BCUT2D eigenvalue weighted by Crippen LogP contribution is 2.35. The average Bonchev–Trinajstić information content (AvgIpc) is 2.33. The zero-order valence-corrected chi connectivity index (χ0v) is 13.1. The first kappa shape index (κ1) is 15.7. The summed E-state index contributed by atoms with van der Waals surface area (Å²) in [6, 6.07) is 4.07. The van der Waals surface area contributed by atoms with E-state index in [2.05, 4.69) is 33.8 Å². The molecule has 1 rings (SSSR count). The van der Waals surface area contributed by atoms with E-state index in [1.165, 1.54) is 0 Å². The highest BCUT2D eigenvalue weighted by atomic mass is 16.5. The van der Waals surface area contributed by atoms with Crippen LogP contribution in [0.4, 0.5) is 0 Å². The number of aryl methyl sites for hydroxylation is 1. The molecule has 0 fully saturated rings. The maximum atomic E-state index is 12.3. The number of hydrogen-bond acceptors (Lipinski definition) is 2. The van der Waals surface area contributed by atoms with Crippen molar-refractivity contribution >= 4 is 5.78 Å². The Kier molecular flexibility index (Phi) is 5.16. The van der Waals surface area contributed by atoms with Crippen LogP contribution in [0.1, 0.15) is 68.4 Å². The molecule has 19 heavy (non-hydrogen) atoms. The molecule has 1 aromatic carbocycles. The summed E-state index contributed by atoms with van der Waals surface area (Å²) in [5.74, 6) is 0.937. The highest BCUT2D eigenvalue weighted by Gasteiger charge is 2.24. The Morgan fingerprint density at radius 3 is 2.37 bits per heavy atom. The van der Waals surface area contributed by atoms with Crippen LogP contribution in [0.5, 0.6) is 5.75 Å². The lowest BCUT2D eigenvalue weighted by molar-refractivity contribution is 0.0976. The fraction of sp³-hybridized carbons (Fsp3) is 0.588. The van der Waals surface area contributed by atoms with E-state index in [-0.39, 0.29) is 11.2 Å². The van der Waals surface area contributed by atoms with Crippen LogP contribution >= 0.6 is 0 Å². The number of hydrogen-bond donors (Lipinski definition) is 0. The van der Waals surface area contributed by atoms with Crippen molar-refractivity contribution in [2.24, 2.45) is 0 Å². The average molecular weight is 262 g/mol. The second-order valence-electron chi connectivity index (χ2n) is 6.17. The molecule has 0 aliphatic heterocycles. The zero-order valence-electron chi connectivity index (χ0n) is 13.1. The van der Waals surface area contributed by atoms with Gasteiger partial charge in [-0.1, -0.05) is 40.2 Å². The molecular weight excluding hydrogens is 236 g/mol. The molecule has 0 saturated carbocycles. The molecule has 106 valence electrons. The molecule has 0 heterocycles. The first-order chi connectivity index (χ1) is 8.81. The molecule has 0 radical (unpaired) electrons. The van der Waals surface area contributed by atoms with Crippen molar-refractivity contribution in [2.45, 2.75) is 59.3 Å². The first-order valence-corrected chi connectivity index (χ1v) is 7.03. The fourth-order valence-electron chi connectivity index (χ4n) is 2.23. The van der Waals surface area contributed by atoms with Crippen LogP contribution in [0.2, 0.25) is 0 Å². The summed E-state index contributed by atoms with van der Waals surface area (Å²) in [4.78, 5) is 12.3. The van der Waals surface area contributed by atoms with Gasteiger partial charge in [-0.05, 0) is 30.4 Å². The standard InChI is InChI=1S/C17H26O2/c1-7-8-9-15(18)13-10-12(2)11-14(16(13)19-6)17(3,4)5/h10-11H,7-9H2,1-6H3. The summed E-state index contributed by atoms with van der Waals surface area (Å²) >= 11 is 0. The summed E-state index contributed by atoms with van der Waals surface area (Å²) in [6.07, 6.45) is 2.56. The number of benzene rings is 1. The van der Waals surface area contributed by atoms with Gasteiger partial charge in [-0.15, -0.1) is 0 Å². The Hall–Kier alpha value is -1.31. The van der Waals surface area contributed by atoms with Crippen molar-refractivity contribution in [1.82, 2.24) is 0 Å². The largest absolute Gasteiger partial charge is 0.496 e. The molecular formula is C17H26O2. The number of Topliss-reactive ketones (excluding diaryl/α,β-unsaturated/α-hetero) is 1. The van der Waals surface area contributed by atoms with E-state index in [9.17, 15) is 4.79 Å². The molecule has 0 saturated heterocycles. The van der Waals surface area contributed by atoms with E-state index in [1.54, 1.807) is 7.11 Å². The molecule has 0 spiro atoms. The van der Waals surface area contributed by atoms with Gasteiger partial charge in [0.05, 0.1) is 12.7 Å². The van der Waals surface area contributed by atoms with Crippen molar-refractivity contribution in [3.8, 4) is 5.75 Å². The van der Waals surface area contributed by atoms with Crippen LogP contribution in [-0.4, -0.2) is 12.9 Å². The van der Waals surface area contributed by atoms with E-state index in [0.717, 1.165) is 35.3 Å². The molecule has 1 aromatic rings. The van der Waals surface area contributed by atoms with Gasteiger partial charge in [0.25, 0.3) is 0 Å². The van der Waals surface area contributed by atoms with Gasteiger partial charge >= 0.3 is 0 Å². The van der Waals surface area contributed by atoms with Crippen LogP contribution in [0, 0.1) is 6.92 Å². The quantitative estimate of drug-likeness (QED) is 0.720. The van der Waals surface area contributed by atoms with E-state index >= 15 is 0 Å². The second-order valence-corrected chi connectivity index (χ2v) is 6.17. The van der Waals surface area contributed by atoms with E-state index < -0.39 is 0 Å². The third-order valence-corrected chi connectivity index (χ3v) is 3.30. The van der Waals surface area contributed by atoms with Gasteiger partial charge in [-0.25, -0.2) is 0 Å². The number of ether oxygens (including phenoxy) is 1. The second kappa shape index (κ2) is 6.23. The van der Waals surface area contributed by atoms with Gasteiger partial charge < -0.3 is 4.74 Å². The molecule has 0 atom stereocenters. The lowest BCUT2D eigenvalue weighted by Crippen LogP contribution is -2.16. The van der Waals surface area contributed by atoms with Crippen molar-refractivity contribution in [3.05, 3.63) is 28.8 Å². The Labute approximate surface area is 117 Å². The number of carbonyl (C=O) groups excluding carboxylic acids is 1. The lowest BCUT2D eigenvalue weighted by atomic mass is 9.83. The third kappa shape index (κ3) is 3.82. The summed E-state index contributed by atoms with van der Waals surface area (Å²) in [7, 11) is 1.65. The van der Waals surface area contributed by atoms with Crippen molar-refractivity contribution in [1.29, 1.82) is 0 Å². The molecule has 0 aliphatic carbocycles. The van der Waals surface area contributed by atoms with Crippen LogP contribution < -0.4 is 4.74 Å². The Morgan fingerprint density at radius 1 is 1.26 bits per heavy atom. The Balaban J connectivity index is 3.31. The predicted octanol–water partition coefficient (Wildman–Crippen LogP) is 4.67. The third-order valence-electron chi connectivity index (χ3n) is 3.30. The van der Waals surface area contributed by atoms with Crippen LogP contribution in [0.25, 0.3) is 0 Å². The smallest absolute Gasteiger partial charge is 0.166 e. The SMILES string of the molecule is CCCCC(=O)c1cc(C)cc(C(C)(C)C)c1OC. The topological polar surface area (TPSA) is 26.3 Å². The van der Waals surface area contributed by atoms with E-state index in [4.69, 9.17) is 4.74 Å². The van der Waals surface area contributed by atoms with Gasteiger partial charge in [0, 0.05) is 12.0 Å². The van der Waals surface area contributed by atoms with Gasteiger partial charge in [0.2, 0.25) is 0 Å². The van der Waals surface area contributed by atoms with Crippen molar-refractivity contribution in [2.75, 3.05) is 7.11 Å². The molecule has 0 amide bonds. The molecule has 0 aliphatic rings. The highest BCUT2D eigenvalue weighted by molar-refractivity contribution is 5.99. The number of rotatable bonds is 5. The normalized spacial score (nSPS) is 11.5. The monoisotopic (exact) mass is 262 g/mol. The fourth-order valence-corrected chi connectivity index (χ4v) is 2.23. The number of methoxy groups -OCH3 is 1. The van der Waals surface area contributed by atoms with Crippen LogP contribution in [0.15, 0.2) is 12.1 Å². The molecule has 0 bridgehead atoms. The first-order valence-electron chi connectivity index (χ1n) is 7.03. The van der Waals surface area contributed by atoms with Crippen LogP contribution in [-0.2, 0) is 5.41 Å². The number of carbonyl (C=O) groups is 1. The van der Waals surface area contributed by atoms with E-state index in [0.29, 0.717) is 6.42 Å². The molecule has 0 N–H and O–H groups in total. The number of unbranched alkanes of at least 4 members (excludes halogenated alkanes) is 1.